The molecule has 0 bridgehead atoms. The number of pyridine rings is 1. The van der Waals surface area contributed by atoms with E-state index in [-0.39, 0.29) is 11.4 Å². The third-order valence-corrected chi connectivity index (χ3v) is 4.01. The molecule has 7 heteroatoms. The molecule has 0 atom stereocenters. The lowest BCUT2D eigenvalue weighted by molar-refractivity contribution is 0.429. The van der Waals surface area contributed by atoms with Crippen LogP contribution in [0.25, 0.3) is 23.0 Å². The smallest absolute Gasteiger partial charge is 0.278 e. The third-order valence-electron chi connectivity index (χ3n) is 4.01. The number of nitrogens with zero attached hydrogens (tertiary/aromatic N) is 5. The summed E-state index contributed by atoms with van der Waals surface area (Å²) in [5, 5.41) is 8.34. The molecule has 0 aliphatic carbocycles. The van der Waals surface area contributed by atoms with Crippen molar-refractivity contribution >= 4 is 0 Å². The fraction of sp³-hybridized carbons (Fsp3) is 0.105. The van der Waals surface area contributed by atoms with Gasteiger partial charge in [0.1, 0.15) is 5.69 Å². The molecular formula is C19H15N5O2. The maximum absolute atomic E-state index is 12.2. The van der Waals surface area contributed by atoms with E-state index in [1.54, 1.807) is 24.5 Å². The first kappa shape index (κ1) is 15.9. The Kier molecular flexibility index (Phi) is 4.10. The van der Waals surface area contributed by atoms with Gasteiger partial charge in [-0.05, 0) is 36.2 Å². The van der Waals surface area contributed by atoms with Crippen LogP contribution in [0.1, 0.15) is 11.1 Å². The number of benzene rings is 1. The molecule has 0 radical (unpaired) electrons. The lowest BCUT2D eigenvalue weighted by atomic mass is 10.1. The predicted octanol–water partition coefficient (Wildman–Crippen LogP) is 2.71. The van der Waals surface area contributed by atoms with E-state index in [1.807, 2.05) is 37.3 Å². The maximum atomic E-state index is 12.2. The normalized spacial score (nSPS) is 10.8. The molecule has 26 heavy (non-hydrogen) atoms. The summed E-state index contributed by atoms with van der Waals surface area (Å²) in [5.74, 6) is 0.675. The van der Waals surface area contributed by atoms with E-state index in [0.717, 1.165) is 16.7 Å². The standard InChI is InChI=1S/C19H15N5O2/c1-13-5-2-3-6-15(13)12-24-17(25)9-8-16(22-24)19-21-18(23-26-19)14-7-4-10-20-11-14/h2-11H,12H2,1H3. The van der Waals surface area contributed by atoms with Gasteiger partial charge in [-0.2, -0.15) is 10.1 Å². The van der Waals surface area contributed by atoms with Gasteiger partial charge in [-0.25, -0.2) is 4.68 Å². The lowest BCUT2D eigenvalue weighted by Gasteiger charge is -2.07. The molecule has 0 N–H and O–H groups in total. The Bertz CT molecular complexity index is 1100. The maximum Gasteiger partial charge on any atom is 0.278 e. The molecule has 3 heterocycles. The van der Waals surface area contributed by atoms with Gasteiger partial charge >= 0.3 is 0 Å². The second kappa shape index (κ2) is 6.72. The van der Waals surface area contributed by atoms with Crippen LogP contribution >= 0.6 is 0 Å². The van der Waals surface area contributed by atoms with E-state index in [1.165, 1.54) is 10.7 Å². The van der Waals surface area contributed by atoms with Crippen LogP contribution in [0.15, 0.2) is 70.2 Å². The van der Waals surface area contributed by atoms with Crippen molar-refractivity contribution in [2.45, 2.75) is 13.5 Å². The van der Waals surface area contributed by atoms with Crippen LogP contribution in [-0.2, 0) is 6.54 Å². The first-order valence-electron chi connectivity index (χ1n) is 8.08. The van der Waals surface area contributed by atoms with Gasteiger partial charge in [-0.15, -0.1) is 0 Å². The van der Waals surface area contributed by atoms with Crippen molar-refractivity contribution in [2.75, 3.05) is 0 Å². The Morgan fingerprint density at radius 3 is 2.77 bits per heavy atom. The van der Waals surface area contributed by atoms with Crippen LogP contribution in [0.3, 0.4) is 0 Å². The van der Waals surface area contributed by atoms with Crippen molar-refractivity contribution in [3.63, 3.8) is 0 Å². The molecule has 1 aromatic carbocycles. The van der Waals surface area contributed by atoms with E-state index in [4.69, 9.17) is 4.52 Å². The van der Waals surface area contributed by atoms with Crippen molar-refractivity contribution < 1.29 is 4.52 Å². The molecule has 7 nitrogen and oxygen atoms in total. The number of rotatable bonds is 4. The Morgan fingerprint density at radius 2 is 1.96 bits per heavy atom. The van der Waals surface area contributed by atoms with Crippen LogP contribution in [0.5, 0.6) is 0 Å². The first-order chi connectivity index (χ1) is 12.7. The molecule has 4 rings (SSSR count). The molecule has 0 spiro atoms. The molecule has 0 aliphatic heterocycles. The van der Waals surface area contributed by atoms with Gasteiger partial charge in [0, 0.05) is 24.0 Å². The average Bonchev–Trinajstić information content (AvgIpc) is 3.16. The average molecular weight is 345 g/mol. The Hall–Kier alpha value is -3.61. The summed E-state index contributed by atoms with van der Waals surface area (Å²) < 4.78 is 6.70. The molecule has 0 unspecified atom stereocenters. The van der Waals surface area contributed by atoms with Crippen molar-refractivity contribution in [3.8, 4) is 23.0 Å². The van der Waals surface area contributed by atoms with E-state index in [0.29, 0.717) is 18.1 Å². The number of aryl methyl sites for hydroxylation is 1. The molecular weight excluding hydrogens is 330 g/mol. The van der Waals surface area contributed by atoms with E-state index in [9.17, 15) is 4.79 Å². The zero-order valence-corrected chi connectivity index (χ0v) is 14.0. The number of hydrogen-bond donors (Lipinski definition) is 0. The minimum absolute atomic E-state index is 0.191. The Morgan fingerprint density at radius 1 is 1.08 bits per heavy atom. The summed E-state index contributed by atoms with van der Waals surface area (Å²) in [7, 11) is 0. The summed E-state index contributed by atoms with van der Waals surface area (Å²) >= 11 is 0. The summed E-state index contributed by atoms with van der Waals surface area (Å²) in [6.07, 6.45) is 3.33. The Balaban J connectivity index is 1.67. The first-order valence-corrected chi connectivity index (χ1v) is 8.08. The second-order valence-corrected chi connectivity index (χ2v) is 5.81. The topological polar surface area (TPSA) is 86.7 Å². The quantitative estimate of drug-likeness (QED) is 0.565. The van der Waals surface area contributed by atoms with Crippen LogP contribution in [0.4, 0.5) is 0 Å². The molecule has 0 fully saturated rings. The van der Waals surface area contributed by atoms with Gasteiger partial charge in [0.05, 0.1) is 6.54 Å². The fourth-order valence-corrected chi connectivity index (χ4v) is 2.56. The van der Waals surface area contributed by atoms with Gasteiger partial charge in [0.2, 0.25) is 5.82 Å². The minimum Gasteiger partial charge on any atom is -0.332 e. The highest BCUT2D eigenvalue weighted by molar-refractivity contribution is 5.56. The van der Waals surface area contributed by atoms with Gasteiger partial charge in [0.25, 0.3) is 11.4 Å². The second-order valence-electron chi connectivity index (χ2n) is 5.81. The molecule has 4 aromatic rings. The molecule has 0 saturated heterocycles. The van der Waals surface area contributed by atoms with Gasteiger partial charge < -0.3 is 4.52 Å². The number of aromatic nitrogens is 5. The molecule has 0 amide bonds. The summed E-state index contributed by atoms with van der Waals surface area (Å²) in [6, 6.07) is 14.6. The van der Waals surface area contributed by atoms with Crippen molar-refractivity contribution in [1.29, 1.82) is 0 Å². The molecule has 0 saturated carbocycles. The Labute approximate surface area is 149 Å². The largest absolute Gasteiger partial charge is 0.332 e. The van der Waals surface area contributed by atoms with E-state index < -0.39 is 0 Å². The SMILES string of the molecule is Cc1ccccc1Cn1nc(-c2nc(-c3cccnc3)no2)ccc1=O. The van der Waals surface area contributed by atoms with Crippen LogP contribution < -0.4 is 5.56 Å². The van der Waals surface area contributed by atoms with Crippen LogP contribution in [-0.4, -0.2) is 24.9 Å². The fourth-order valence-electron chi connectivity index (χ4n) is 2.56. The highest BCUT2D eigenvalue weighted by Gasteiger charge is 2.13. The zero-order chi connectivity index (χ0) is 17.9. The van der Waals surface area contributed by atoms with Gasteiger partial charge in [-0.1, -0.05) is 29.4 Å². The molecule has 3 aromatic heterocycles. The van der Waals surface area contributed by atoms with E-state index >= 15 is 0 Å². The zero-order valence-electron chi connectivity index (χ0n) is 14.0. The van der Waals surface area contributed by atoms with Crippen molar-refractivity contribution in [3.05, 3.63) is 82.4 Å². The van der Waals surface area contributed by atoms with Crippen LogP contribution in [0.2, 0.25) is 0 Å². The summed E-state index contributed by atoms with van der Waals surface area (Å²) in [4.78, 5) is 20.6. The highest BCUT2D eigenvalue weighted by Crippen LogP contribution is 2.19. The minimum atomic E-state index is -0.191. The number of hydrogen-bond acceptors (Lipinski definition) is 6. The summed E-state index contributed by atoms with van der Waals surface area (Å²) in [5.41, 5.74) is 3.13. The lowest BCUT2D eigenvalue weighted by Crippen LogP contribution is -2.23. The third kappa shape index (κ3) is 3.14. The molecule has 0 aliphatic rings. The van der Waals surface area contributed by atoms with Gasteiger partial charge in [-0.3, -0.25) is 9.78 Å². The van der Waals surface area contributed by atoms with E-state index in [2.05, 4.69) is 20.2 Å². The van der Waals surface area contributed by atoms with Crippen LogP contribution in [0, 0.1) is 6.92 Å². The van der Waals surface area contributed by atoms with Crippen molar-refractivity contribution in [2.24, 2.45) is 0 Å². The van der Waals surface area contributed by atoms with Crippen molar-refractivity contribution in [1.82, 2.24) is 24.9 Å². The predicted molar refractivity (Wildman–Crippen MR) is 95.3 cm³/mol. The highest BCUT2D eigenvalue weighted by atomic mass is 16.5. The monoisotopic (exact) mass is 345 g/mol. The van der Waals surface area contributed by atoms with Gasteiger partial charge in [0.15, 0.2) is 0 Å². The summed E-state index contributed by atoms with van der Waals surface area (Å²) in [6.45, 7) is 2.38. The molecule has 128 valence electrons.